The van der Waals surface area contributed by atoms with E-state index in [1.165, 1.54) is 19.3 Å². The molecule has 9 nitrogen and oxygen atoms in total. The number of hydrogen-bond acceptors (Lipinski definition) is 9. The summed E-state index contributed by atoms with van der Waals surface area (Å²) in [5.41, 5.74) is 1.64. The summed E-state index contributed by atoms with van der Waals surface area (Å²) in [6.07, 6.45) is 4.37. The predicted molar refractivity (Wildman–Crippen MR) is 123 cm³/mol. The van der Waals surface area contributed by atoms with Crippen LogP contribution in [0.4, 0.5) is 0 Å². The van der Waals surface area contributed by atoms with Crippen LogP contribution in [0.3, 0.4) is 0 Å². The van der Waals surface area contributed by atoms with Gasteiger partial charge in [-0.2, -0.15) is 0 Å². The first-order chi connectivity index (χ1) is 15.9. The van der Waals surface area contributed by atoms with Crippen molar-refractivity contribution in [2.24, 2.45) is 0 Å². The molecule has 0 aliphatic carbocycles. The maximum absolute atomic E-state index is 12.2. The number of rotatable bonds is 13. The highest BCUT2D eigenvalue weighted by atomic mass is 32.1. The average Bonchev–Trinajstić information content (AvgIpc) is 2.79. The molecule has 0 aliphatic rings. The van der Waals surface area contributed by atoms with Crippen LogP contribution in [0.15, 0.2) is 53.4 Å². The molecule has 0 aromatic heterocycles. The van der Waals surface area contributed by atoms with Crippen LogP contribution in [-0.2, 0) is 25.6 Å². The molecule has 2 aromatic rings. The van der Waals surface area contributed by atoms with Crippen LogP contribution in [0.2, 0.25) is 0 Å². The van der Waals surface area contributed by atoms with Gasteiger partial charge >= 0.3 is 11.9 Å². The molecule has 0 unspecified atom stereocenters. The first kappa shape index (κ1) is 25.7. The van der Waals surface area contributed by atoms with Gasteiger partial charge in [-0.25, -0.2) is 4.79 Å². The summed E-state index contributed by atoms with van der Waals surface area (Å²) in [5.74, 6) is -0.317. The Morgan fingerprint density at radius 1 is 1.09 bits per heavy atom. The second-order valence-electron chi connectivity index (χ2n) is 6.82. The number of carbonyl (C=O) groups is 2. The lowest BCUT2D eigenvalue weighted by molar-refractivity contribution is -0.757. The molecule has 33 heavy (non-hydrogen) atoms. The van der Waals surface area contributed by atoms with Gasteiger partial charge in [-0.05, 0) is 60.7 Å². The molecule has 0 saturated heterocycles. The van der Waals surface area contributed by atoms with Gasteiger partial charge in [-0.1, -0.05) is 18.2 Å². The monoisotopic (exact) mass is 475 g/mol. The van der Waals surface area contributed by atoms with Crippen molar-refractivity contribution in [2.45, 2.75) is 30.6 Å². The maximum Gasteiger partial charge on any atom is 0.330 e. The maximum atomic E-state index is 12.2. The second kappa shape index (κ2) is 13.8. The normalized spacial score (nSPS) is 10.6. The van der Waals surface area contributed by atoms with E-state index in [0.29, 0.717) is 30.6 Å². The number of esters is 2. The summed E-state index contributed by atoms with van der Waals surface area (Å²) in [6.45, 7) is 0.0840. The quantitative estimate of drug-likeness (QED) is 0.0877. The SMILES string of the molecule is COc1cc(/C=C/C(=O)OCCCCO[N+](=O)[O-])ccc1OC(=O)CCc1cccc(S)c1. The first-order valence-corrected chi connectivity index (χ1v) is 10.6. The van der Waals surface area contributed by atoms with Gasteiger partial charge < -0.3 is 19.0 Å². The van der Waals surface area contributed by atoms with E-state index in [1.807, 2.05) is 24.3 Å². The summed E-state index contributed by atoms with van der Waals surface area (Å²) in [7, 11) is 1.45. The Morgan fingerprint density at radius 2 is 1.88 bits per heavy atom. The van der Waals surface area contributed by atoms with Crippen molar-refractivity contribution in [3.8, 4) is 11.5 Å². The van der Waals surface area contributed by atoms with E-state index in [9.17, 15) is 19.7 Å². The number of aryl methyl sites for hydroxylation is 1. The minimum Gasteiger partial charge on any atom is -0.493 e. The van der Waals surface area contributed by atoms with Gasteiger partial charge in [0, 0.05) is 17.4 Å². The molecule has 10 heteroatoms. The Balaban J connectivity index is 1.82. The van der Waals surface area contributed by atoms with Gasteiger partial charge in [0.05, 0.1) is 20.3 Å². The van der Waals surface area contributed by atoms with Gasteiger partial charge in [0.2, 0.25) is 0 Å². The van der Waals surface area contributed by atoms with Crippen LogP contribution in [0.1, 0.15) is 30.4 Å². The van der Waals surface area contributed by atoms with E-state index in [2.05, 4.69) is 17.5 Å². The number of thiol groups is 1. The number of methoxy groups -OCH3 is 1. The highest BCUT2D eigenvalue weighted by Gasteiger charge is 2.11. The molecule has 0 aliphatic heterocycles. The number of unbranched alkanes of at least 4 members (excludes halogenated alkanes) is 1. The lowest BCUT2D eigenvalue weighted by atomic mass is 10.1. The Kier molecular flexibility index (Phi) is 10.8. The molecule has 0 bridgehead atoms. The predicted octanol–water partition coefficient (Wildman–Crippen LogP) is 4.07. The van der Waals surface area contributed by atoms with E-state index < -0.39 is 17.0 Å². The second-order valence-corrected chi connectivity index (χ2v) is 7.34. The smallest absolute Gasteiger partial charge is 0.330 e. The van der Waals surface area contributed by atoms with Crippen molar-refractivity contribution in [1.82, 2.24) is 0 Å². The van der Waals surface area contributed by atoms with Gasteiger partial charge in [-0.15, -0.1) is 22.7 Å². The van der Waals surface area contributed by atoms with Gasteiger partial charge in [-0.3, -0.25) is 4.79 Å². The van der Waals surface area contributed by atoms with E-state index in [0.717, 1.165) is 10.5 Å². The number of carbonyl (C=O) groups excluding carboxylic acids is 2. The van der Waals surface area contributed by atoms with Crippen molar-refractivity contribution in [3.63, 3.8) is 0 Å². The van der Waals surface area contributed by atoms with Crippen molar-refractivity contribution >= 4 is 30.6 Å². The third kappa shape index (κ3) is 10.1. The standard InChI is InChI=1S/C23H25NO8S/c1-29-21-16-18(8-11-22(25)30-13-2-3-14-31-24(27)28)7-10-20(21)32-23(26)12-9-17-5-4-6-19(33)15-17/h4-8,10-11,15-16,33H,2-3,9,12-14H2,1H3/b11-8+. The van der Waals surface area contributed by atoms with E-state index in [1.54, 1.807) is 18.2 Å². The van der Waals surface area contributed by atoms with Crippen LogP contribution in [-0.4, -0.2) is 37.3 Å². The van der Waals surface area contributed by atoms with E-state index >= 15 is 0 Å². The molecule has 0 radical (unpaired) electrons. The topological polar surface area (TPSA) is 114 Å². The Bertz CT molecular complexity index is 992. The van der Waals surface area contributed by atoms with Gasteiger partial charge in [0.15, 0.2) is 11.5 Å². The third-order valence-electron chi connectivity index (χ3n) is 4.33. The van der Waals surface area contributed by atoms with Crippen molar-refractivity contribution in [1.29, 1.82) is 0 Å². The highest BCUT2D eigenvalue weighted by Crippen LogP contribution is 2.29. The molecule has 2 aromatic carbocycles. The lowest BCUT2D eigenvalue weighted by Crippen LogP contribution is -2.10. The van der Waals surface area contributed by atoms with Crippen LogP contribution < -0.4 is 9.47 Å². The van der Waals surface area contributed by atoms with E-state index in [4.69, 9.17) is 14.2 Å². The van der Waals surface area contributed by atoms with Crippen LogP contribution in [0.25, 0.3) is 6.08 Å². The van der Waals surface area contributed by atoms with Crippen LogP contribution >= 0.6 is 12.6 Å². The molecular weight excluding hydrogens is 450 g/mol. The van der Waals surface area contributed by atoms with Gasteiger partial charge in [0.25, 0.3) is 5.09 Å². The Morgan fingerprint density at radius 3 is 2.61 bits per heavy atom. The largest absolute Gasteiger partial charge is 0.493 e. The zero-order valence-corrected chi connectivity index (χ0v) is 19.0. The van der Waals surface area contributed by atoms with Crippen molar-refractivity contribution in [2.75, 3.05) is 20.3 Å². The molecule has 0 atom stereocenters. The minimum absolute atomic E-state index is 0.0417. The van der Waals surface area contributed by atoms with E-state index in [-0.39, 0.29) is 25.4 Å². The van der Waals surface area contributed by atoms with Crippen LogP contribution in [0, 0.1) is 10.1 Å². The summed E-state index contributed by atoms with van der Waals surface area (Å²) in [4.78, 5) is 39.0. The molecule has 0 N–H and O–H groups in total. The number of ether oxygens (including phenoxy) is 3. The minimum atomic E-state index is -0.863. The zero-order valence-electron chi connectivity index (χ0n) is 18.1. The molecule has 0 saturated carbocycles. The number of nitrogens with zero attached hydrogens (tertiary/aromatic N) is 1. The zero-order chi connectivity index (χ0) is 24.1. The summed E-state index contributed by atoms with van der Waals surface area (Å²) in [6, 6.07) is 12.5. The molecule has 0 spiro atoms. The fourth-order valence-corrected chi connectivity index (χ4v) is 2.98. The summed E-state index contributed by atoms with van der Waals surface area (Å²) in [5, 5.41) is 9.16. The molecular formula is C23H25NO8S. The highest BCUT2D eigenvalue weighted by molar-refractivity contribution is 7.80. The third-order valence-corrected chi connectivity index (χ3v) is 4.61. The molecule has 2 rings (SSSR count). The van der Waals surface area contributed by atoms with Crippen molar-refractivity contribution in [3.05, 3.63) is 69.8 Å². The lowest BCUT2D eigenvalue weighted by Gasteiger charge is -2.10. The molecule has 0 fully saturated rings. The van der Waals surface area contributed by atoms with Gasteiger partial charge in [0.1, 0.15) is 0 Å². The fourth-order valence-electron chi connectivity index (χ4n) is 2.73. The van der Waals surface area contributed by atoms with Crippen LogP contribution in [0.5, 0.6) is 11.5 Å². The molecule has 0 amide bonds. The first-order valence-electron chi connectivity index (χ1n) is 10.2. The molecule has 176 valence electrons. The Hall–Kier alpha value is -3.53. The fraction of sp³-hybridized carbons (Fsp3) is 0.304. The number of hydrogen-bond donors (Lipinski definition) is 1. The number of benzene rings is 2. The molecule has 0 heterocycles. The van der Waals surface area contributed by atoms with Crippen molar-refractivity contribution < 1.29 is 33.7 Å². The summed E-state index contributed by atoms with van der Waals surface area (Å²) < 4.78 is 15.7. The average molecular weight is 476 g/mol. The Labute approximate surface area is 196 Å². The summed E-state index contributed by atoms with van der Waals surface area (Å²) >= 11 is 4.29.